The standard InChI is InChI=1S/C11H11F2N3O2S/c1-6-11(7(2)15-14-6)16-19(17,18)10-5-8(12)3-4-9(10)13/h3-5,16H,1-2H3,(H,14,15). The lowest BCUT2D eigenvalue weighted by molar-refractivity contribution is 0.555. The van der Waals surface area contributed by atoms with Gasteiger partial charge in [-0.15, -0.1) is 0 Å². The fourth-order valence-electron chi connectivity index (χ4n) is 1.57. The van der Waals surface area contributed by atoms with Crippen molar-refractivity contribution in [2.45, 2.75) is 18.7 Å². The third-order valence-electron chi connectivity index (χ3n) is 2.55. The van der Waals surface area contributed by atoms with Crippen LogP contribution in [0.3, 0.4) is 0 Å². The topological polar surface area (TPSA) is 74.8 Å². The van der Waals surface area contributed by atoms with Crippen LogP contribution in [0.1, 0.15) is 11.4 Å². The first kappa shape index (κ1) is 13.5. The molecule has 5 nitrogen and oxygen atoms in total. The van der Waals surface area contributed by atoms with Crippen molar-refractivity contribution in [2.24, 2.45) is 0 Å². The van der Waals surface area contributed by atoms with Crippen LogP contribution >= 0.6 is 0 Å². The van der Waals surface area contributed by atoms with Gasteiger partial charge < -0.3 is 0 Å². The minimum Gasteiger partial charge on any atom is -0.280 e. The summed E-state index contributed by atoms with van der Waals surface area (Å²) in [5.74, 6) is -1.85. The van der Waals surface area contributed by atoms with E-state index in [-0.39, 0.29) is 5.69 Å². The molecule has 0 saturated carbocycles. The third kappa shape index (κ3) is 2.58. The van der Waals surface area contributed by atoms with E-state index in [1.807, 2.05) is 0 Å². The van der Waals surface area contributed by atoms with E-state index in [0.717, 1.165) is 12.1 Å². The highest BCUT2D eigenvalue weighted by Gasteiger charge is 2.22. The Kier molecular flexibility index (Phi) is 3.27. The number of anilines is 1. The molecular formula is C11H11F2N3O2S. The first-order valence-corrected chi connectivity index (χ1v) is 6.79. The van der Waals surface area contributed by atoms with E-state index < -0.39 is 26.6 Å². The molecule has 0 spiro atoms. The number of hydrogen-bond acceptors (Lipinski definition) is 3. The summed E-state index contributed by atoms with van der Waals surface area (Å²) in [5, 5.41) is 6.41. The monoisotopic (exact) mass is 287 g/mol. The minimum absolute atomic E-state index is 0.226. The predicted octanol–water partition coefficient (Wildman–Crippen LogP) is 2.11. The second kappa shape index (κ2) is 4.61. The van der Waals surface area contributed by atoms with Crippen LogP contribution in [0, 0.1) is 25.5 Å². The van der Waals surface area contributed by atoms with Crippen LogP contribution < -0.4 is 4.72 Å². The molecule has 0 bridgehead atoms. The molecule has 0 aliphatic heterocycles. The molecule has 2 aromatic rings. The van der Waals surface area contributed by atoms with E-state index in [9.17, 15) is 17.2 Å². The molecule has 2 rings (SSSR count). The Bertz CT molecular complexity index is 706. The Balaban J connectivity index is 2.47. The molecule has 0 radical (unpaired) electrons. The minimum atomic E-state index is -4.21. The maximum atomic E-state index is 13.5. The van der Waals surface area contributed by atoms with E-state index >= 15 is 0 Å². The van der Waals surface area contributed by atoms with Crippen LogP contribution in [0.15, 0.2) is 23.1 Å². The zero-order valence-corrected chi connectivity index (χ0v) is 11.0. The normalized spacial score (nSPS) is 11.6. The summed E-state index contributed by atoms with van der Waals surface area (Å²) in [7, 11) is -4.21. The Morgan fingerprint density at radius 2 is 1.95 bits per heavy atom. The summed E-state index contributed by atoms with van der Waals surface area (Å²) in [6.45, 7) is 3.20. The smallest absolute Gasteiger partial charge is 0.265 e. The van der Waals surface area contributed by atoms with E-state index in [2.05, 4.69) is 14.9 Å². The lowest BCUT2D eigenvalue weighted by atomic mass is 10.3. The number of H-pyrrole nitrogens is 1. The number of benzene rings is 1. The van der Waals surface area contributed by atoms with Crippen molar-refractivity contribution in [1.29, 1.82) is 0 Å². The number of aromatic amines is 1. The van der Waals surface area contributed by atoms with Gasteiger partial charge in [-0.05, 0) is 32.0 Å². The van der Waals surface area contributed by atoms with Crippen LogP contribution in [0.2, 0.25) is 0 Å². The maximum absolute atomic E-state index is 13.5. The molecule has 0 amide bonds. The molecule has 0 aliphatic carbocycles. The molecule has 2 N–H and O–H groups in total. The summed E-state index contributed by atoms with van der Waals surface area (Å²) < 4.78 is 52.7. The number of sulfonamides is 1. The van der Waals surface area contributed by atoms with Gasteiger partial charge in [-0.3, -0.25) is 9.82 Å². The van der Waals surface area contributed by atoms with E-state index in [4.69, 9.17) is 0 Å². The Morgan fingerprint density at radius 1 is 1.26 bits per heavy atom. The highest BCUT2D eigenvalue weighted by atomic mass is 32.2. The Morgan fingerprint density at radius 3 is 2.53 bits per heavy atom. The van der Waals surface area contributed by atoms with Gasteiger partial charge >= 0.3 is 0 Å². The average molecular weight is 287 g/mol. The lowest BCUT2D eigenvalue weighted by Gasteiger charge is -2.09. The zero-order chi connectivity index (χ0) is 14.2. The number of hydrogen-bond donors (Lipinski definition) is 2. The van der Waals surface area contributed by atoms with Crippen LogP contribution in [-0.4, -0.2) is 18.6 Å². The van der Waals surface area contributed by atoms with Crippen LogP contribution in [0.25, 0.3) is 0 Å². The first-order chi connectivity index (χ1) is 8.81. The molecular weight excluding hydrogens is 276 g/mol. The van der Waals surface area contributed by atoms with Gasteiger partial charge in [0.05, 0.1) is 17.1 Å². The summed E-state index contributed by atoms with van der Waals surface area (Å²) in [6, 6.07) is 2.24. The zero-order valence-electron chi connectivity index (χ0n) is 10.2. The van der Waals surface area contributed by atoms with Gasteiger partial charge in [0.1, 0.15) is 16.5 Å². The highest BCUT2D eigenvalue weighted by molar-refractivity contribution is 7.92. The van der Waals surface area contributed by atoms with Gasteiger partial charge in [-0.1, -0.05) is 0 Å². The SMILES string of the molecule is Cc1n[nH]c(C)c1NS(=O)(=O)c1cc(F)ccc1F. The fourth-order valence-corrected chi connectivity index (χ4v) is 2.85. The van der Waals surface area contributed by atoms with Gasteiger partial charge in [0.15, 0.2) is 0 Å². The number of rotatable bonds is 3. The fraction of sp³-hybridized carbons (Fsp3) is 0.182. The Labute approximate surface area is 108 Å². The van der Waals surface area contributed by atoms with Crippen molar-refractivity contribution in [3.8, 4) is 0 Å². The number of nitrogens with one attached hydrogen (secondary N) is 2. The molecule has 1 aromatic carbocycles. The Hall–Kier alpha value is -1.96. The lowest BCUT2D eigenvalue weighted by Crippen LogP contribution is -2.15. The van der Waals surface area contributed by atoms with Crippen molar-refractivity contribution >= 4 is 15.7 Å². The van der Waals surface area contributed by atoms with Crippen molar-refractivity contribution < 1.29 is 17.2 Å². The summed E-state index contributed by atoms with van der Waals surface area (Å²) >= 11 is 0. The number of aromatic nitrogens is 2. The summed E-state index contributed by atoms with van der Waals surface area (Å²) in [4.78, 5) is -0.743. The molecule has 0 atom stereocenters. The van der Waals surface area contributed by atoms with E-state index in [0.29, 0.717) is 17.5 Å². The highest BCUT2D eigenvalue weighted by Crippen LogP contribution is 2.23. The largest absolute Gasteiger partial charge is 0.280 e. The van der Waals surface area contributed by atoms with Crippen LogP contribution in [0.4, 0.5) is 14.5 Å². The van der Waals surface area contributed by atoms with Gasteiger partial charge in [-0.25, -0.2) is 17.2 Å². The second-order valence-corrected chi connectivity index (χ2v) is 5.64. The number of aryl methyl sites for hydroxylation is 2. The van der Waals surface area contributed by atoms with Crippen LogP contribution in [-0.2, 0) is 10.0 Å². The first-order valence-electron chi connectivity index (χ1n) is 5.30. The molecule has 0 saturated heterocycles. The third-order valence-corrected chi connectivity index (χ3v) is 3.91. The van der Waals surface area contributed by atoms with Gasteiger partial charge in [0.2, 0.25) is 0 Å². The molecule has 0 fully saturated rings. The molecule has 0 aliphatic rings. The van der Waals surface area contributed by atoms with Crippen molar-refractivity contribution in [2.75, 3.05) is 4.72 Å². The maximum Gasteiger partial charge on any atom is 0.265 e. The van der Waals surface area contributed by atoms with Crippen molar-refractivity contribution in [1.82, 2.24) is 10.2 Å². The van der Waals surface area contributed by atoms with Crippen molar-refractivity contribution in [3.63, 3.8) is 0 Å². The molecule has 19 heavy (non-hydrogen) atoms. The van der Waals surface area contributed by atoms with E-state index in [1.54, 1.807) is 13.8 Å². The molecule has 0 unspecified atom stereocenters. The van der Waals surface area contributed by atoms with Gasteiger partial charge in [-0.2, -0.15) is 5.10 Å². The number of halogens is 2. The molecule has 1 aromatic heterocycles. The quantitative estimate of drug-likeness (QED) is 0.907. The second-order valence-electron chi connectivity index (χ2n) is 3.99. The van der Waals surface area contributed by atoms with Crippen LogP contribution in [0.5, 0.6) is 0 Å². The van der Waals surface area contributed by atoms with Gasteiger partial charge in [0.25, 0.3) is 10.0 Å². The summed E-state index contributed by atoms with van der Waals surface area (Å²) in [5.41, 5.74) is 1.12. The average Bonchev–Trinajstić information content (AvgIpc) is 2.63. The van der Waals surface area contributed by atoms with Gasteiger partial charge in [0, 0.05) is 0 Å². The molecule has 8 heteroatoms. The van der Waals surface area contributed by atoms with E-state index in [1.165, 1.54) is 0 Å². The molecule has 102 valence electrons. The van der Waals surface area contributed by atoms with Crippen molar-refractivity contribution in [3.05, 3.63) is 41.2 Å². The molecule has 1 heterocycles. The summed E-state index contributed by atoms with van der Waals surface area (Å²) in [6.07, 6.45) is 0. The number of nitrogens with zero attached hydrogens (tertiary/aromatic N) is 1. The predicted molar refractivity (Wildman–Crippen MR) is 65.2 cm³/mol.